The van der Waals surface area contributed by atoms with Gasteiger partial charge in [-0.25, -0.2) is 4.99 Å². The van der Waals surface area contributed by atoms with Crippen LogP contribution in [0.15, 0.2) is 47.5 Å². The van der Waals surface area contributed by atoms with Crippen LogP contribution in [0.2, 0.25) is 0 Å². The van der Waals surface area contributed by atoms with Crippen LogP contribution in [-0.4, -0.2) is 38.2 Å². The Morgan fingerprint density at radius 1 is 1.25 bits per heavy atom. The van der Waals surface area contributed by atoms with Crippen molar-refractivity contribution >= 4 is 17.6 Å². The van der Waals surface area contributed by atoms with Crippen molar-refractivity contribution < 1.29 is 14.3 Å². The monoisotopic (exact) mass is 381 g/mol. The Morgan fingerprint density at radius 2 is 2.11 bits per heavy atom. The fourth-order valence-electron chi connectivity index (χ4n) is 3.03. The Bertz CT molecular complexity index is 858. The molecule has 3 rings (SSSR count). The smallest absolute Gasteiger partial charge is 0.258 e. The van der Waals surface area contributed by atoms with Gasteiger partial charge in [0.15, 0.2) is 0 Å². The average molecular weight is 381 g/mol. The number of rotatable bonds is 5. The number of benzene rings is 2. The molecule has 0 saturated carbocycles. The molecule has 1 aliphatic rings. The fourth-order valence-corrected chi connectivity index (χ4v) is 3.03. The number of carbonyl (C=O) groups excluding carboxylic acids is 1. The van der Waals surface area contributed by atoms with Gasteiger partial charge in [0, 0.05) is 17.9 Å². The van der Waals surface area contributed by atoms with E-state index in [1.807, 2.05) is 26.0 Å². The maximum Gasteiger partial charge on any atom is 0.258 e. The van der Waals surface area contributed by atoms with Gasteiger partial charge in [0.05, 0.1) is 19.8 Å². The van der Waals surface area contributed by atoms with Crippen molar-refractivity contribution in [2.24, 2.45) is 4.99 Å². The molecule has 2 N–H and O–H groups in total. The number of aliphatic imine (C=N–C) groups is 1. The van der Waals surface area contributed by atoms with Crippen LogP contribution in [0.5, 0.6) is 5.75 Å². The van der Waals surface area contributed by atoms with E-state index in [0.29, 0.717) is 23.8 Å². The molecule has 2 aromatic rings. The van der Waals surface area contributed by atoms with Gasteiger partial charge in [-0.05, 0) is 62.1 Å². The molecule has 0 aliphatic carbocycles. The largest absolute Gasteiger partial charge is 0.497 e. The molecule has 6 nitrogen and oxygen atoms in total. The Labute approximate surface area is 166 Å². The van der Waals surface area contributed by atoms with Gasteiger partial charge in [-0.15, -0.1) is 0 Å². The molecule has 1 aliphatic heterocycles. The first-order chi connectivity index (χ1) is 13.5. The van der Waals surface area contributed by atoms with Crippen molar-refractivity contribution in [1.29, 1.82) is 0 Å². The summed E-state index contributed by atoms with van der Waals surface area (Å²) in [6, 6.07) is 13.2. The van der Waals surface area contributed by atoms with Crippen molar-refractivity contribution in [3.63, 3.8) is 0 Å². The summed E-state index contributed by atoms with van der Waals surface area (Å²) >= 11 is 0. The number of nitrogens with one attached hydrogen (secondary N) is 2. The van der Waals surface area contributed by atoms with E-state index >= 15 is 0 Å². The Kier molecular flexibility index (Phi) is 6.66. The van der Waals surface area contributed by atoms with E-state index in [1.165, 1.54) is 0 Å². The third kappa shape index (κ3) is 5.33. The lowest BCUT2D eigenvalue weighted by atomic mass is 10.1. The van der Waals surface area contributed by atoms with E-state index in [-0.39, 0.29) is 12.0 Å². The van der Waals surface area contributed by atoms with Crippen molar-refractivity contribution in [1.82, 2.24) is 5.32 Å². The second kappa shape index (κ2) is 9.37. The summed E-state index contributed by atoms with van der Waals surface area (Å²) in [6.07, 6.45) is 2.14. The molecule has 6 heteroatoms. The maximum absolute atomic E-state index is 12.7. The van der Waals surface area contributed by atoms with Crippen molar-refractivity contribution in [2.75, 3.05) is 25.6 Å². The predicted octanol–water partition coefficient (Wildman–Crippen LogP) is 3.69. The highest BCUT2D eigenvalue weighted by Crippen LogP contribution is 2.17. The molecule has 1 fully saturated rings. The number of ether oxygens (including phenoxy) is 2. The second-order valence-electron chi connectivity index (χ2n) is 6.95. The van der Waals surface area contributed by atoms with E-state index in [2.05, 4.69) is 21.7 Å². The molecule has 1 unspecified atom stereocenters. The molecule has 1 saturated heterocycles. The summed E-state index contributed by atoms with van der Waals surface area (Å²) < 4.78 is 10.9. The minimum Gasteiger partial charge on any atom is -0.497 e. The van der Waals surface area contributed by atoms with Gasteiger partial charge >= 0.3 is 0 Å². The van der Waals surface area contributed by atoms with Crippen molar-refractivity contribution in [3.8, 4) is 5.75 Å². The Hall–Kier alpha value is -2.86. The van der Waals surface area contributed by atoms with Gasteiger partial charge in [-0.2, -0.15) is 0 Å². The molecule has 1 amide bonds. The Balaban J connectivity index is 1.79. The van der Waals surface area contributed by atoms with Crippen LogP contribution in [0.1, 0.15) is 34.3 Å². The van der Waals surface area contributed by atoms with Crippen LogP contribution in [-0.2, 0) is 4.74 Å². The molecule has 1 heterocycles. The summed E-state index contributed by atoms with van der Waals surface area (Å²) in [6.45, 7) is 5.33. The fraction of sp³-hybridized carbons (Fsp3) is 0.364. The maximum atomic E-state index is 12.7. The molecule has 148 valence electrons. The lowest BCUT2D eigenvalue weighted by Gasteiger charge is -2.15. The molecular weight excluding hydrogens is 354 g/mol. The lowest BCUT2D eigenvalue weighted by molar-refractivity contribution is 0.0975. The number of amides is 1. The van der Waals surface area contributed by atoms with E-state index in [0.717, 1.165) is 36.3 Å². The number of carbonyl (C=O) groups is 1. The molecule has 0 spiro atoms. The van der Waals surface area contributed by atoms with Gasteiger partial charge in [-0.3, -0.25) is 10.1 Å². The van der Waals surface area contributed by atoms with Gasteiger partial charge in [0.2, 0.25) is 5.96 Å². The molecule has 0 radical (unpaired) electrons. The highest BCUT2D eigenvalue weighted by Gasteiger charge is 2.16. The summed E-state index contributed by atoms with van der Waals surface area (Å²) in [5.41, 5.74) is 3.63. The topological polar surface area (TPSA) is 72.0 Å². The van der Waals surface area contributed by atoms with Crippen LogP contribution in [0.4, 0.5) is 5.69 Å². The Morgan fingerprint density at radius 3 is 2.86 bits per heavy atom. The highest BCUT2D eigenvalue weighted by molar-refractivity contribution is 6.10. The predicted molar refractivity (Wildman–Crippen MR) is 111 cm³/mol. The molecule has 2 aromatic carbocycles. The summed E-state index contributed by atoms with van der Waals surface area (Å²) in [5.74, 6) is 0.799. The number of hydrogen-bond acceptors (Lipinski definition) is 4. The first-order valence-corrected chi connectivity index (χ1v) is 9.51. The number of nitrogens with zero attached hydrogens (tertiary/aromatic N) is 1. The first kappa shape index (κ1) is 19.9. The highest BCUT2D eigenvalue weighted by atomic mass is 16.5. The SMILES string of the molecule is COc1cccc(C(=O)NC(=NCC2CCCO2)Nc2cc(C)ccc2C)c1. The van der Waals surface area contributed by atoms with Gasteiger partial charge < -0.3 is 14.8 Å². The number of hydrogen-bond donors (Lipinski definition) is 2. The van der Waals surface area contributed by atoms with E-state index in [1.54, 1.807) is 31.4 Å². The number of aryl methyl sites for hydroxylation is 2. The minimum atomic E-state index is -0.247. The molecular formula is C22H27N3O3. The normalized spacial score (nSPS) is 16.7. The molecule has 0 bridgehead atoms. The standard InChI is InChI=1S/C22H27N3O3/c1-15-9-10-16(2)20(12-15)24-22(23-14-19-8-5-11-28-19)25-21(26)17-6-4-7-18(13-17)27-3/h4,6-7,9-10,12-13,19H,5,8,11,14H2,1-3H3,(H2,23,24,25,26). The minimum absolute atomic E-state index is 0.101. The molecule has 1 atom stereocenters. The summed E-state index contributed by atoms with van der Waals surface area (Å²) in [7, 11) is 1.58. The van der Waals surface area contributed by atoms with Gasteiger partial charge in [-0.1, -0.05) is 18.2 Å². The van der Waals surface area contributed by atoms with E-state index in [9.17, 15) is 4.79 Å². The zero-order chi connectivity index (χ0) is 19.9. The summed E-state index contributed by atoms with van der Waals surface area (Å²) in [5, 5.41) is 6.17. The lowest BCUT2D eigenvalue weighted by Crippen LogP contribution is -2.37. The van der Waals surface area contributed by atoms with Crippen LogP contribution >= 0.6 is 0 Å². The number of guanidine groups is 1. The van der Waals surface area contributed by atoms with E-state index in [4.69, 9.17) is 9.47 Å². The van der Waals surface area contributed by atoms with Gasteiger partial charge in [0.1, 0.15) is 5.75 Å². The van der Waals surface area contributed by atoms with Crippen molar-refractivity contribution in [2.45, 2.75) is 32.8 Å². The molecule has 28 heavy (non-hydrogen) atoms. The molecule has 0 aromatic heterocycles. The zero-order valence-corrected chi connectivity index (χ0v) is 16.6. The van der Waals surface area contributed by atoms with Crippen LogP contribution in [0.25, 0.3) is 0 Å². The van der Waals surface area contributed by atoms with E-state index < -0.39 is 0 Å². The van der Waals surface area contributed by atoms with Crippen LogP contribution < -0.4 is 15.4 Å². The summed E-state index contributed by atoms with van der Waals surface area (Å²) in [4.78, 5) is 17.3. The average Bonchev–Trinajstić information content (AvgIpc) is 3.22. The van der Waals surface area contributed by atoms with Gasteiger partial charge in [0.25, 0.3) is 5.91 Å². The van der Waals surface area contributed by atoms with Crippen LogP contribution in [0, 0.1) is 13.8 Å². The number of methoxy groups -OCH3 is 1. The quantitative estimate of drug-likeness (QED) is 0.612. The van der Waals surface area contributed by atoms with Crippen LogP contribution in [0.3, 0.4) is 0 Å². The van der Waals surface area contributed by atoms with Crippen molar-refractivity contribution in [3.05, 3.63) is 59.2 Å². The number of anilines is 1. The zero-order valence-electron chi connectivity index (χ0n) is 16.6. The third-order valence-electron chi connectivity index (χ3n) is 4.69. The second-order valence-corrected chi connectivity index (χ2v) is 6.95. The first-order valence-electron chi connectivity index (χ1n) is 9.51. The third-order valence-corrected chi connectivity index (χ3v) is 4.69.